The van der Waals surface area contributed by atoms with Crippen molar-refractivity contribution in [2.45, 2.75) is 57.6 Å². The van der Waals surface area contributed by atoms with E-state index in [0.717, 1.165) is 24.3 Å². The van der Waals surface area contributed by atoms with Crippen molar-refractivity contribution in [3.63, 3.8) is 0 Å². The fraction of sp³-hybridized carbons (Fsp3) is 0.588. The number of hydrogen-bond donors (Lipinski definition) is 1. The van der Waals surface area contributed by atoms with Crippen LogP contribution in [-0.4, -0.2) is 17.7 Å². The lowest BCUT2D eigenvalue weighted by molar-refractivity contribution is 0.132. The average Bonchev–Trinajstić information content (AvgIpc) is 2.78. The zero-order chi connectivity index (χ0) is 15.5. The van der Waals surface area contributed by atoms with Crippen molar-refractivity contribution in [3.8, 4) is 17.6 Å². The molecule has 1 aromatic carbocycles. The quantitative estimate of drug-likeness (QED) is 0.816. The zero-order valence-corrected chi connectivity index (χ0v) is 13.1. The standard InChI is InChI=1S/C17H24N2O2/c1-4-17(19,12-18)9-6-10-20-14-8-5-7-13-11-16(2,3)21-15(13)14/h5,7-8H,4,6,9-11,19H2,1-3H3. The summed E-state index contributed by atoms with van der Waals surface area (Å²) in [5.74, 6) is 1.64. The van der Waals surface area contributed by atoms with Crippen molar-refractivity contribution in [3.05, 3.63) is 23.8 Å². The molecule has 0 bridgehead atoms. The fourth-order valence-corrected chi connectivity index (χ4v) is 2.58. The van der Waals surface area contributed by atoms with E-state index >= 15 is 0 Å². The molecule has 0 amide bonds. The SMILES string of the molecule is CCC(N)(C#N)CCCOc1cccc2c1OC(C)(C)C2. The molecule has 0 radical (unpaired) electrons. The average molecular weight is 288 g/mol. The second kappa shape index (κ2) is 5.95. The highest BCUT2D eigenvalue weighted by Crippen LogP contribution is 2.41. The maximum atomic E-state index is 9.05. The number of nitrogens with two attached hydrogens (primary N) is 1. The van der Waals surface area contributed by atoms with Gasteiger partial charge in [0.25, 0.3) is 0 Å². The minimum absolute atomic E-state index is 0.169. The Morgan fingerprint density at radius 3 is 2.90 bits per heavy atom. The summed E-state index contributed by atoms with van der Waals surface area (Å²) in [6, 6.07) is 8.18. The van der Waals surface area contributed by atoms with E-state index in [2.05, 4.69) is 26.0 Å². The van der Waals surface area contributed by atoms with Gasteiger partial charge in [-0.2, -0.15) is 5.26 Å². The monoisotopic (exact) mass is 288 g/mol. The van der Waals surface area contributed by atoms with Gasteiger partial charge >= 0.3 is 0 Å². The molecule has 0 fully saturated rings. The highest BCUT2D eigenvalue weighted by molar-refractivity contribution is 5.50. The third-order valence-electron chi connectivity index (χ3n) is 3.93. The van der Waals surface area contributed by atoms with Crippen LogP contribution < -0.4 is 15.2 Å². The van der Waals surface area contributed by atoms with Gasteiger partial charge in [-0.25, -0.2) is 0 Å². The fourth-order valence-electron chi connectivity index (χ4n) is 2.58. The lowest BCUT2D eigenvalue weighted by Gasteiger charge is -2.20. The molecule has 1 aliphatic rings. The lowest BCUT2D eigenvalue weighted by atomic mass is 9.94. The first-order valence-corrected chi connectivity index (χ1v) is 7.53. The first-order chi connectivity index (χ1) is 9.89. The van der Waals surface area contributed by atoms with Crippen molar-refractivity contribution in [2.75, 3.05) is 6.61 Å². The van der Waals surface area contributed by atoms with Gasteiger partial charge in [0, 0.05) is 12.0 Å². The van der Waals surface area contributed by atoms with Gasteiger partial charge in [0.1, 0.15) is 11.1 Å². The lowest BCUT2D eigenvalue weighted by Crippen LogP contribution is -2.37. The minimum Gasteiger partial charge on any atom is -0.490 e. The number of hydrogen-bond acceptors (Lipinski definition) is 4. The summed E-state index contributed by atoms with van der Waals surface area (Å²) in [6.45, 7) is 6.63. The molecule has 0 spiro atoms. The molecule has 0 saturated heterocycles. The summed E-state index contributed by atoms with van der Waals surface area (Å²) in [7, 11) is 0. The van der Waals surface area contributed by atoms with Gasteiger partial charge in [0.2, 0.25) is 0 Å². The number of rotatable bonds is 6. The van der Waals surface area contributed by atoms with E-state index in [1.165, 1.54) is 5.56 Å². The van der Waals surface area contributed by atoms with Crippen LogP contribution in [0, 0.1) is 11.3 Å². The van der Waals surface area contributed by atoms with Crippen LogP contribution in [0.2, 0.25) is 0 Å². The number of fused-ring (bicyclic) bond motifs is 1. The predicted molar refractivity (Wildman–Crippen MR) is 82.4 cm³/mol. The summed E-state index contributed by atoms with van der Waals surface area (Å²) >= 11 is 0. The summed E-state index contributed by atoms with van der Waals surface area (Å²) in [6.07, 6.45) is 2.95. The topological polar surface area (TPSA) is 68.3 Å². The molecule has 4 heteroatoms. The van der Waals surface area contributed by atoms with Crippen LogP contribution in [0.4, 0.5) is 0 Å². The molecule has 0 aliphatic carbocycles. The number of para-hydroxylation sites is 1. The summed E-state index contributed by atoms with van der Waals surface area (Å²) in [5.41, 5.74) is 6.25. The maximum absolute atomic E-state index is 9.05. The highest BCUT2D eigenvalue weighted by atomic mass is 16.5. The molecule has 0 aromatic heterocycles. The highest BCUT2D eigenvalue weighted by Gasteiger charge is 2.32. The van der Waals surface area contributed by atoms with Gasteiger partial charge in [-0.3, -0.25) is 0 Å². The Morgan fingerprint density at radius 1 is 1.48 bits per heavy atom. The Kier molecular flexibility index (Phi) is 4.43. The summed E-state index contributed by atoms with van der Waals surface area (Å²) in [4.78, 5) is 0. The van der Waals surface area contributed by atoms with E-state index in [9.17, 15) is 0 Å². The summed E-state index contributed by atoms with van der Waals surface area (Å²) < 4.78 is 11.8. The van der Waals surface area contributed by atoms with Crippen LogP contribution >= 0.6 is 0 Å². The number of ether oxygens (including phenoxy) is 2. The third-order valence-corrected chi connectivity index (χ3v) is 3.93. The molecule has 21 heavy (non-hydrogen) atoms. The first-order valence-electron chi connectivity index (χ1n) is 7.53. The largest absolute Gasteiger partial charge is 0.490 e. The predicted octanol–water partition coefficient (Wildman–Crippen LogP) is 3.19. The van der Waals surface area contributed by atoms with E-state index < -0.39 is 5.54 Å². The molecule has 1 atom stereocenters. The smallest absolute Gasteiger partial charge is 0.165 e. The third kappa shape index (κ3) is 3.68. The van der Waals surface area contributed by atoms with Gasteiger partial charge in [0.05, 0.1) is 12.7 Å². The van der Waals surface area contributed by atoms with E-state index in [0.29, 0.717) is 19.4 Å². The van der Waals surface area contributed by atoms with Crippen molar-refractivity contribution in [1.82, 2.24) is 0 Å². The molecular weight excluding hydrogens is 264 g/mol. The van der Waals surface area contributed by atoms with E-state index in [1.54, 1.807) is 0 Å². The zero-order valence-electron chi connectivity index (χ0n) is 13.1. The van der Waals surface area contributed by atoms with Gasteiger partial charge in [-0.1, -0.05) is 19.1 Å². The summed E-state index contributed by atoms with van der Waals surface area (Å²) in [5, 5.41) is 9.05. The molecule has 114 valence electrons. The number of benzene rings is 1. The van der Waals surface area contributed by atoms with Crippen LogP contribution in [0.1, 0.15) is 45.6 Å². The van der Waals surface area contributed by atoms with E-state index in [4.69, 9.17) is 20.5 Å². The van der Waals surface area contributed by atoms with Crippen LogP contribution in [0.3, 0.4) is 0 Å². The number of nitrogens with zero attached hydrogens (tertiary/aromatic N) is 1. The molecule has 2 N–H and O–H groups in total. The van der Waals surface area contributed by atoms with Crippen molar-refractivity contribution in [2.24, 2.45) is 5.73 Å². The molecule has 0 saturated carbocycles. The van der Waals surface area contributed by atoms with Gasteiger partial charge in [-0.05, 0) is 39.2 Å². The van der Waals surface area contributed by atoms with Gasteiger partial charge < -0.3 is 15.2 Å². The second-order valence-electron chi connectivity index (χ2n) is 6.36. The molecule has 1 heterocycles. The molecule has 1 unspecified atom stereocenters. The normalized spacial score (nSPS) is 18.2. The van der Waals surface area contributed by atoms with Crippen molar-refractivity contribution < 1.29 is 9.47 Å². The Morgan fingerprint density at radius 2 is 2.24 bits per heavy atom. The van der Waals surface area contributed by atoms with Crippen molar-refractivity contribution in [1.29, 1.82) is 5.26 Å². The van der Waals surface area contributed by atoms with Crippen LogP contribution in [0.5, 0.6) is 11.5 Å². The maximum Gasteiger partial charge on any atom is 0.165 e. The Balaban J connectivity index is 1.92. The Hall–Kier alpha value is -1.73. The van der Waals surface area contributed by atoms with E-state index in [1.807, 2.05) is 19.1 Å². The van der Waals surface area contributed by atoms with Gasteiger partial charge in [-0.15, -0.1) is 0 Å². The molecule has 1 aliphatic heterocycles. The van der Waals surface area contributed by atoms with E-state index in [-0.39, 0.29) is 5.60 Å². The van der Waals surface area contributed by atoms with Crippen LogP contribution in [0.25, 0.3) is 0 Å². The second-order valence-corrected chi connectivity index (χ2v) is 6.36. The number of nitriles is 1. The Labute approximate surface area is 126 Å². The molecule has 4 nitrogen and oxygen atoms in total. The van der Waals surface area contributed by atoms with Gasteiger partial charge in [0.15, 0.2) is 11.5 Å². The molecule has 1 aromatic rings. The Bertz CT molecular complexity index is 548. The van der Waals surface area contributed by atoms with Crippen LogP contribution in [-0.2, 0) is 6.42 Å². The van der Waals surface area contributed by atoms with Crippen molar-refractivity contribution >= 4 is 0 Å². The first kappa shape index (κ1) is 15.7. The van der Waals surface area contributed by atoms with Crippen LogP contribution in [0.15, 0.2) is 18.2 Å². The minimum atomic E-state index is -0.736. The molecule has 2 rings (SSSR count). The molecular formula is C17H24N2O2.